The average Bonchev–Trinajstić information content (AvgIpc) is 3.26. The zero-order valence-electron chi connectivity index (χ0n) is 15.7. The fourth-order valence-electron chi connectivity index (χ4n) is 3.60. The van der Waals surface area contributed by atoms with Crippen LogP contribution in [0.4, 0.5) is 5.00 Å². The summed E-state index contributed by atoms with van der Waals surface area (Å²) in [7, 11) is 1.34. The molecule has 1 N–H and O–H groups in total. The summed E-state index contributed by atoms with van der Waals surface area (Å²) in [6.45, 7) is 1.83. The number of hydrogen-bond acceptors (Lipinski definition) is 6. The van der Waals surface area contributed by atoms with E-state index in [9.17, 15) is 14.4 Å². The monoisotopic (exact) mass is 391 g/mol. The summed E-state index contributed by atoms with van der Waals surface area (Å²) in [4.78, 5) is 37.5. The number of allylic oxidation sites excluding steroid dienone is 2. The minimum atomic E-state index is -0.442. The zero-order chi connectivity index (χ0) is 19.4. The maximum Gasteiger partial charge on any atom is 0.341 e. The van der Waals surface area contributed by atoms with Gasteiger partial charge in [-0.05, 0) is 49.5 Å². The molecule has 0 unspecified atom stereocenters. The van der Waals surface area contributed by atoms with E-state index in [1.54, 1.807) is 0 Å². The van der Waals surface area contributed by atoms with Gasteiger partial charge in [-0.2, -0.15) is 0 Å². The van der Waals surface area contributed by atoms with Crippen molar-refractivity contribution in [1.29, 1.82) is 0 Å². The molecule has 146 valence electrons. The highest BCUT2D eigenvalue weighted by Gasteiger charge is 2.29. The molecule has 0 spiro atoms. The quantitative estimate of drug-likeness (QED) is 0.593. The van der Waals surface area contributed by atoms with Crippen LogP contribution in [0.25, 0.3) is 0 Å². The molecule has 1 amide bonds. The van der Waals surface area contributed by atoms with Crippen LogP contribution in [0.5, 0.6) is 0 Å². The van der Waals surface area contributed by atoms with E-state index in [-0.39, 0.29) is 18.5 Å². The molecule has 3 rings (SSSR count). The maximum atomic E-state index is 12.2. The number of fused-ring (bicyclic) bond motifs is 1. The van der Waals surface area contributed by atoms with Crippen LogP contribution in [0.15, 0.2) is 12.2 Å². The van der Waals surface area contributed by atoms with Gasteiger partial charge in [0, 0.05) is 4.88 Å². The third-order valence-electron chi connectivity index (χ3n) is 5.06. The molecule has 0 fully saturated rings. The third-order valence-corrected chi connectivity index (χ3v) is 6.23. The minimum Gasteiger partial charge on any atom is -0.465 e. The van der Waals surface area contributed by atoms with Gasteiger partial charge in [0.25, 0.3) is 5.91 Å². The van der Waals surface area contributed by atoms with Crippen molar-refractivity contribution in [3.63, 3.8) is 0 Å². The first kappa shape index (κ1) is 19.6. The Kier molecular flexibility index (Phi) is 6.31. The molecule has 0 bridgehead atoms. The van der Waals surface area contributed by atoms with E-state index < -0.39 is 11.9 Å². The number of hydrogen-bond donors (Lipinski definition) is 1. The molecule has 2 atom stereocenters. The van der Waals surface area contributed by atoms with E-state index in [2.05, 4.69) is 18.3 Å². The first-order valence-electron chi connectivity index (χ1n) is 9.33. The number of methoxy groups -OCH3 is 1. The number of ether oxygens (including phenoxy) is 2. The largest absolute Gasteiger partial charge is 0.465 e. The first-order chi connectivity index (χ1) is 13.0. The molecule has 7 heteroatoms. The summed E-state index contributed by atoms with van der Waals surface area (Å²) < 4.78 is 9.99. The fourth-order valence-corrected chi connectivity index (χ4v) is 5.02. The summed E-state index contributed by atoms with van der Waals surface area (Å²) in [5, 5.41) is 3.22. The van der Waals surface area contributed by atoms with Crippen molar-refractivity contribution in [2.75, 3.05) is 19.0 Å². The Bertz CT molecular complexity index is 767. The van der Waals surface area contributed by atoms with E-state index in [0.717, 1.165) is 42.5 Å². The van der Waals surface area contributed by atoms with Crippen molar-refractivity contribution in [2.45, 2.75) is 45.4 Å². The Hall–Kier alpha value is -2.15. The van der Waals surface area contributed by atoms with E-state index >= 15 is 0 Å². The van der Waals surface area contributed by atoms with Gasteiger partial charge < -0.3 is 14.8 Å². The van der Waals surface area contributed by atoms with Gasteiger partial charge in [-0.3, -0.25) is 9.59 Å². The predicted molar refractivity (Wildman–Crippen MR) is 103 cm³/mol. The molecule has 2 aliphatic carbocycles. The van der Waals surface area contributed by atoms with Crippen molar-refractivity contribution in [3.05, 3.63) is 28.2 Å². The molecule has 1 heterocycles. The van der Waals surface area contributed by atoms with Crippen LogP contribution in [-0.4, -0.2) is 31.6 Å². The zero-order valence-corrected chi connectivity index (χ0v) is 16.5. The molecule has 6 nitrogen and oxygen atoms in total. The SMILES string of the molecule is COC(=O)c1c(NC(=O)COC(=O)C[C@@H]2C=CCC2)sc2c1CC[C@H](C)C2. The number of thiophene rings is 1. The van der Waals surface area contributed by atoms with Crippen LogP contribution in [0.3, 0.4) is 0 Å². The van der Waals surface area contributed by atoms with Gasteiger partial charge in [0.2, 0.25) is 0 Å². The lowest BCUT2D eigenvalue weighted by Gasteiger charge is -2.18. The Morgan fingerprint density at radius 2 is 2.11 bits per heavy atom. The highest BCUT2D eigenvalue weighted by Crippen LogP contribution is 2.40. The van der Waals surface area contributed by atoms with Crippen molar-refractivity contribution in [2.24, 2.45) is 11.8 Å². The molecule has 0 radical (unpaired) electrons. The maximum absolute atomic E-state index is 12.2. The van der Waals surface area contributed by atoms with Gasteiger partial charge in [-0.25, -0.2) is 4.79 Å². The summed E-state index contributed by atoms with van der Waals surface area (Å²) in [5.74, 6) is -0.507. The summed E-state index contributed by atoms with van der Waals surface area (Å²) in [6.07, 6.45) is 9.00. The van der Waals surface area contributed by atoms with E-state index in [0.29, 0.717) is 22.9 Å². The molecular weight excluding hydrogens is 366 g/mol. The van der Waals surface area contributed by atoms with Crippen LogP contribution in [0.1, 0.15) is 53.4 Å². The van der Waals surface area contributed by atoms with Crippen molar-refractivity contribution in [3.8, 4) is 0 Å². The number of carbonyl (C=O) groups excluding carboxylic acids is 3. The third kappa shape index (κ3) is 4.77. The second kappa shape index (κ2) is 8.69. The molecule has 0 saturated heterocycles. The van der Waals surface area contributed by atoms with Crippen molar-refractivity contribution < 1.29 is 23.9 Å². The lowest BCUT2D eigenvalue weighted by atomic mass is 9.88. The highest BCUT2D eigenvalue weighted by molar-refractivity contribution is 7.17. The van der Waals surface area contributed by atoms with Crippen LogP contribution in [0, 0.1) is 11.8 Å². The van der Waals surface area contributed by atoms with E-state index in [4.69, 9.17) is 9.47 Å². The van der Waals surface area contributed by atoms with Gasteiger partial charge in [0.05, 0.1) is 19.1 Å². The van der Waals surface area contributed by atoms with Gasteiger partial charge in [0.1, 0.15) is 5.00 Å². The number of amides is 1. The van der Waals surface area contributed by atoms with Crippen molar-refractivity contribution >= 4 is 34.2 Å². The number of anilines is 1. The lowest BCUT2D eigenvalue weighted by molar-refractivity contribution is -0.147. The number of esters is 2. The normalized spacial score (nSPS) is 20.8. The minimum absolute atomic E-state index is 0.206. The van der Waals surface area contributed by atoms with Crippen LogP contribution in [-0.2, 0) is 31.9 Å². The summed E-state index contributed by atoms with van der Waals surface area (Å²) in [5.41, 5.74) is 1.42. The van der Waals surface area contributed by atoms with Gasteiger partial charge in [0.15, 0.2) is 6.61 Å². The smallest absolute Gasteiger partial charge is 0.341 e. The molecule has 0 saturated carbocycles. The molecule has 0 aliphatic heterocycles. The van der Waals surface area contributed by atoms with E-state index in [1.165, 1.54) is 18.4 Å². The molecule has 0 aromatic carbocycles. The molecular formula is C20H25NO5S. The van der Waals surface area contributed by atoms with Gasteiger partial charge in [-0.1, -0.05) is 19.1 Å². The highest BCUT2D eigenvalue weighted by atomic mass is 32.1. The molecule has 1 aromatic heterocycles. The lowest BCUT2D eigenvalue weighted by Crippen LogP contribution is -2.22. The number of nitrogens with one attached hydrogen (secondary N) is 1. The second-order valence-corrected chi connectivity index (χ2v) is 8.33. The molecule has 27 heavy (non-hydrogen) atoms. The predicted octanol–water partition coefficient (Wildman–Crippen LogP) is 3.50. The van der Waals surface area contributed by atoms with Crippen LogP contribution in [0.2, 0.25) is 0 Å². The topological polar surface area (TPSA) is 81.7 Å². The van der Waals surface area contributed by atoms with Gasteiger partial charge in [-0.15, -0.1) is 11.3 Å². The molecule has 1 aromatic rings. The average molecular weight is 391 g/mol. The Labute approximate surface area is 162 Å². The van der Waals surface area contributed by atoms with Gasteiger partial charge >= 0.3 is 11.9 Å². The Morgan fingerprint density at radius 1 is 1.30 bits per heavy atom. The van der Waals surface area contributed by atoms with Crippen LogP contribution < -0.4 is 5.32 Å². The van der Waals surface area contributed by atoms with Crippen molar-refractivity contribution in [1.82, 2.24) is 0 Å². The Morgan fingerprint density at radius 3 is 2.81 bits per heavy atom. The van der Waals surface area contributed by atoms with E-state index in [1.807, 2.05) is 6.08 Å². The first-order valence-corrected chi connectivity index (χ1v) is 10.1. The summed E-state index contributed by atoms with van der Waals surface area (Å²) >= 11 is 1.42. The van der Waals surface area contributed by atoms with Crippen LogP contribution >= 0.6 is 11.3 Å². The standard InChI is InChI=1S/C20H25NO5S/c1-12-7-8-14-15(9-12)27-19(18(14)20(24)25-2)21-16(22)11-26-17(23)10-13-5-3-4-6-13/h3,5,12-13H,4,6-11H2,1-2H3,(H,21,22)/t12-,13+/m0/s1. The Balaban J connectivity index is 1.62. The molecule has 2 aliphatic rings. The number of carbonyl (C=O) groups is 3. The second-order valence-electron chi connectivity index (χ2n) is 7.23. The fraction of sp³-hybridized carbons (Fsp3) is 0.550. The number of rotatable bonds is 6. The summed E-state index contributed by atoms with van der Waals surface area (Å²) in [6, 6.07) is 0.